The van der Waals surface area contributed by atoms with E-state index in [-0.39, 0.29) is 5.97 Å². The molecular weight excluding hydrogens is 424 g/mol. The summed E-state index contributed by atoms with van der Waals surface area (Å²) in [5.41, 5.74) is 3.70. The van der Waals surface area contributed by atoms with Gasteiger partial charge in [0.25, 0.3) is 0 Å². The van der Waals surface area contributed by atoms with Gasteiger partial charge >= 0.3 is 5.97 Å². The Morgan fingerprint density at radius 3 is 2.41 bits per heavy atom. The minimum atomic E-state index is -0.178. The quantitative estimate of drug-likeness (QED) is 0.155. The van der Waals surface area contributed by atoms with Crippen molar-refractivity contribution in [3.8, 4) is 5.75 Å². The van der Waals surface area contributed by atoms with Crippen LogP contribution in [0.2, 0.25) is 0 Å². The molecule has 0 aliphatic heterocycles. The number of unbranched alkanes of at least 4 members (excludes halogenated alkanes) is 6. The third-order valence-corrected chi connectivity index (χ3v) is 6.51. The van der Waals surface area contributed by atoms with Gasteiger partial charge in [-0.2, -0.15) is 0 Å². The number of esters is 1. The first kappa shape index (κ1) is 24.2. The third kappa shape index (κ3) is 5.11. The number of para-hydroxylation sites is 2. The molecule has 4 rings (SSSR count). The molecule has 34 heavy (non-hydrogen) atoms. The van der Waals surface area contributed by atoms with Crippen molar-refractivity contribution in [3.63, 3.8) is 0 Å². The Bertz CT molecular complexity index is 1250. The van der Waals surface area contributed by atoms with Crippen molar-refractivity contribution < 1.29 is 9.53 Å². The number of benzene rings is 1. The Labute approximate surface area is 202 Å². The van der Waals surface area contributed by atoms with Crippen molar-refractivity contribution >= 4 is 33.7 Å². The Hall–Kier alpha value is -2.89. The highest BCUT2D eigenvalue weighted by molar-refractivity contribution is 6.00. The smallest absolute Gasteiger partial charge is 0.311 e. The van der Waals surface area contributed by atoms with Gasteiger partial charge in [0.1, 0.15) is 16.9 Å². The first-order valence-electron chi connectivity index (χ1n) is 13.2. The molecule has 0 fully saturated rings. The zero-order valence-corrected chi connectivity index (χ0v) is 21.0. The molecule has 0 unspecified atom stereocenters. The molecule has 182 valence electrons. The molecule has 1 aromatic carbocycles. The van der Waals surface area contributed by atoms with Gasteiger partial charge in [0.15, 0.2) is 11.4 Å². The maximum Gasteiger partial charge on any atom is 0.311 e. The van der Waals surface area contributed by atoms with Crippen LogP contribution in [0.5, 0.6) is 5.75 Å². The molecule has 0 radical (unpaired) electrons. The fourth-order valence-corrected chi connectivity index (χ4v) is 4.65. The van der Waals surface area contributed by atoms with E-state index in [1.807, 2.05) is 24.4 Å². The highest BCUT2D eigenvalue weighted by Gasteiger charge is 2.22. The Balaban J connectivity index is 1.86. The van der Waals surface area contributed by atoms with Crippen LogP contribution in [0.25, 0.3) is 27.7 Å². The molecule has 0 N–H and O–H groups in total. The highest BCUT2D eigenvalue weighted by atomic mass is 16.5. The molecule has 3 heterocycles. The van der Waals surface area contributed by atoms with Crippen molar-refractivity contribution in [3.05, 3.63) is 36.3 Å². The number of hydrogen-bond acceptors (Lipinski definition) is 4. The number of ether oxygens (including phenoxy) is 1. The number of aromatic nitrogens is 4. The van der Waals surface area contributed by atoms with Crippen molar-refractivity contribution in [2.45, 2.75) is 97.9 Å². The predicted molar refractivity (Wildman–Crippen MR) is 139 cm³/mol. The number of nitrogens with zero attached hydrogens (tertiary/aromatic N) is 4. The second kappa shape index (κ2) is 11.5. The van der Waals surface area contributed by atoms with Crippen LogP contribution in [-0.4, -0.2) is 24.9 Å². The first-order chi connectivity index (χ1) is 16.7. The Kier molecular flexibility index (Phi) is 8.20. The van der Waals surface area contributed by atoms with E-state index < -0.39 is 0 Å². The van der Waals surface area contributed by atoms with Gasteiger partial charge in [-0.15, -0.1) is 0 Å². The molecule has 0 bridgehead atoms. The standard InChI is InChI=1S/C28H38N4O2/c1-4-7-10-17-24-30-27-26(28-29-21-15-12-13-16-22(21)32(24)28)23(20-31(27)19-14-9-6-3)34-25(33)18-11-8-5-2/h12-13,15-16,20H,4-11,14,17-19H2,1-3H3. The lowest BCUT2D eigenvalue weighted by Gasteiger charge is -2.09. The van der Waals surface area contributed by atoms with Crippen LogP contribution in [0.1, 0.15) is 90.8 Å². The van der Waals surface area contributed by atoms with E-state index >= 15 is 0 Å². The fraction of sp³-hybridized carbons (Fsp3) is 0.536. The lowest BCUT2D eigenvalue weighted by Crippen LogP contribution is -2.08. The van der Waals surface area contributed by atoms with Crippen LogP contribution in [-0.2, 0) is 17.8 Å². The molecule has 3 aromatic heterocycles. The maximum absolute atomic E-state index is 12.7. The summed E-state index contributed by atoms with van der Waals surface area (Å²) < 4.78 is 10.3. The molecule has 0 aliphatic carbocycles. The normalized spacial score (nSPS) is 11.7. The molecule has 0 aliphatic rings. The minimum absolute atomic E-state index is 0.178. The predicted octanol–water partition coefficient (Wildman–Crippen LogP) is 7.25. The van der Waals surface area contributed by atoms with E-state index in [2.05, 4.69) is 35.8 Å². The summed E-state index contributed by atoms with van der Waals surface area (Å²) in [6.07, 6.45) is 13.1. The average molecular weight is 463 g/mol. The van der Waals surface area contributed by atoms with E-state index in [1.54, 1.807) is 0 Å². The summed E-state index contributed by atoms with van der Waals surface area (Å²) >= 11 is 0. The van der Waals surface area contributed by atoms with Gasteiger partial charge in [-0.25, -0.2) is 9.97 Å². The summed E-state index contributed by atoms with van der Waals surface area (Å²) in [5.74, 6) is 1.43. The summed E-state index contributed by atoms with van der Waals surface area (Å²) in [4.78, 5) is 22.8. The first-order valence-corrected chi connectivity index (χ1v) is 13.2. The van der Waals surface area contributed by atoms with E-state index in [4.69, 9.17) is 14.7 Å². The molecule has 0 amide bonds. The van der Waals surface area contributed by atoms with Crippen molar-refractivity contribution in [1.29, 1.82) is 0 Å². The molecule has 0 saturated heterocycles. The number of carbonyl (C=O) groups is 1. The van der Waals surface area contributed by atoms with Gasteiger partial charge in [-0.3, -0.25) is 9.20 Å². The van der Waals surface area contributed by atoms with Crippen LogP contribution in [0.3, 0.4) is 0 Å². The van der Waals surface area contributed by atoms with Crippen LogP contribution in [0.4, 0.5) is 0 Å². The average Bonchev–Trinajstić information content (AvgIpc) is 3.38. The molecule has 0 atom stereocenters. The van der Waals surface area contributed by atoms with Crippen LogP contribution < -0.4 is 4.74 Å². The van der Waals surface area contributed by atoms with Gasteiger partial charge in [0, 0.05) is 25.6 Å². The monoisotopic (exact) mass is 462 g/mol. The fourth-order valence-electron chi connectivity index (χ4n) is 4.65. The van der Waals surface area contributed by atoms with Gasteiger partial charge in [0.2, 0.25) is 0 Å². The molecule has 6 nitrogen and oxygen atoms in total. The molecule has 4 aromatic rings. The number of rotatable bonds is 13. The number of imidazole rings is 1. The second-order valence-electron chi connectivity index (χ2n) is 9.27. The lowest BCUT2D eigenvalue weighted by molar-refractivity contribution is -0.134. The highest BCUT2D eigenvalue weighted by Crippen LogP contribution is 2.34. The van der Waals surface area contributed by atoms with Crippen molar-refractivity contribution in [2.75, 3.05) is 0 Å². The zero-order valence-electron chi connectivity index (χ0n) is 21.0. The van der Waals surface area contributed by atoms with Gasteiger partial charge < -0.3 is 9.30 Å². The largest absolute Gasteiger partial charge is 0.424 e. The van der Waals surface area contributed by atoms with Crippen LogP contribution in [0.15, 0.2) is 30.5 Å². The number of aryl methyl sites for hydroxylation is 2. The maximum atomic E-state index is 12.7. The molecule has 0 saturated carbocycles. The van der Waals surface area contributed by atoms with Gasteiger partial charge in [-0.1, -0.05) is 71.4 Å². The summed E-state index contributed by atoms with van der Waals surface area (Å²) in [6, 6.07) is 8.20. The van der Waals surface area contributed by atoms with Crippen molar-refractivity contribution in [1.82, 2.24) is 18.9 Å². The molecule has 0 spiro atoms. The van der Waals surface area contributed by atoms with E-state index in [0.29, 0.717) is 12.2 Å². The van der Waals surface area contributed by atoms with E-state index in [9.17, 15) is 4.79 Å². The second-order valence-corrected chi connectivity index (χ2v) is 9.27. The number of carbonyl (C=O) groups excluding carboxylic acids is 1. The van der Waals surface area contributed by atoms with E-state index in [1.165, 1.54) is 12.8 Å². The lowest BCUT2D eigenvalue weighted by atomic mass is 10.2. The Morgan fingerprint density at radius 1 is 0.882 bits per heavy atom. The number of fused-ring (bicyclic) bond motifs is 5. The SMILES string of the molecule is CCCCCC(=O)Oc1cn(CCCCC)c2nc(CCCCC)n3c4ccccc4nc3c12. The molecule has 6 heteroatoms. The summed E-state index contributed by atoms with van der Waals surface area (Å²) in [5, 5.41) is 0.843. The van der Waals surface area contributed by atoms with E-state index in [0.717, 1.165) is 91.4 Å². The third-order valence-electron chi connectivity index (χ3n) is 6.51. The van der Waals surface area contributed by atoms with Gasteiger partial charge in [-0.05, 0) is 31.4 Å². The minimum Gasteiger partial charge on any atom is -0.424 e. The van der Waals surface area contributed by atoms with Crippen LogP contribution in [0, 0.1) is 0 Å². The topological polar surface area (TPSA) is 61.4 Å². The number of hydrogen-bond donors (Lipinski definition) is 0. The van der Waals surface area contributed by atoms with Crippen LogP contribution >= 0.6 is 0 Å². The van der Waals surface area contributed by atoms with Crippen molar-refractivity contribution in [2.24, 2.45) is 0 Å². The van der Waals surface area contributed by atoms with Gasteiger partial charge in [0.05, 0.1) is 11.0 Å². The summed E-state index contributed by atoms with van der Waals surface area (Å²) in [6.45, 7) is 7.42. The molecular formula is C28H38N4O2. The Morgan fingerprint density at radius 2 is 1.62 bits per heavy atom. The zero-order chi connectivity index (χ0) is 23.9. The summed E-state index contributed by atoms with van der Waals surface area (Å²) in [7, 11) is 0.